The van der Waals surface area contributed by atoms with Gasteiger partial charge in [-0.2, -0.15) is 0 Å². The van der Waals surface area contributed by atoms with E-state index in [1.54, 1.807) is 18.2 Å². The molecule has 1 heterocycles. The average Bonchev–Trinajstić information content (AvgIpc) is 2.67. The van der Waals surface area contributed by atoms with E-state index in [-0.39, 0.29) is 36.8 Å². The molecule has 0 atom stereocenters. The summed E-state index contributed by atoms with van der Waals surface area (Å²) in [6.45, 7) is 0.252. The number of carboxylic acid groups (broad SMARTS) is 1. The lowest BCUT2D eigenvalue weighted by atomic mass is 10.0. The molecule has 1 N–H and O–H groups in total. The van der Waals surface area contributed by atoms with E-state index in [0.717, 1.165) is 0 Å². The van der Waals surface area contributed by atoms with Crippen LogP contribution in [0, 0.1) is 0 Å². The number of imide groups is 1. The van der Waals surface area contributed by atoms with Gasteiger partial charge in [-0.1, -0.05) is 18.2 Å². The molecule has 0 saturated carbocycles. The molecule has 0 aliphatic carbocycles. The first-order chi connectivity index (χ1) is 8.59. The number of nitrogens with zero attached hydrogens (tertiary/aromatic N) is 1. The van der Waals surface area contributed by atoms with Crippen LogP contribution in [-0.2, 0) is 16.0 Å². The molecule has 1 aliphatic rings. The van der Waals surface area contributed by atoms with Crippen molar-refractivity contribution in [2.45, 2.75) is 19.3 Å². The van der Waals surface area contributed by atoms with E-state index < -0.39 is 5.97 Å². The van der Waals surface area contributed by atoms with Gasteiger partial charge in [0.05, 0.1) is 5.56 Å². The third-order valence-corrected chi connectivity index (χ3v) is 3.01. The topological polar surface area (TPSA) is 74.7 Å². The molecule has 1 aliphatic heterocycles. The summed E-state index contributed by atoms with van der Waals surface area (Å²) in [4.78, 5) is 35.0. The Balaban J connectivity index is 2.09. The number of hydrogen-bond donors (Lipinski definition) is 1. The first-order valence-electron chi connectivity index (χ1n) is 5.74. The minimum absolute atomic E-state index is 0.173. The third kappa shape index (κ3) is 2.40. The molecule has 1 aromatic carbocycles. The molecule has 1 saturated heterocycles. The zero-order valence-corrected chi connectivity index (χ0v) is 9.76. The predicted molar refractivity (Wildman–Crippen MR) is 63.1 cm³/mol. The molecule has 1 aromatic rings. The summed E-state index contributed by atoms with van der Waals surface area (Å²) >= 11 is 0. The van der Waals surface area contributed by atoms with Crippen molar-refractivity contribution in [2.75, 3.05) is 6.54 Å². The van der Waals surface area contributed by atoms with Crippen LogP contribution in [0.4, 0.5) is 0 Å². The van der Waals surface area contributed by atoms with Crippen molar-refractivity contribution in [3.63, 3.8) is 0 Å². The molecule has 2 rings (SSSR count). The Labute approximate surface area is 104 Å². The Morgan fingerprint density at radius 3 is 2.39 bits per heavy atom. The van der Waals surface area contributed by atoms with Crippen molar-refractivity contribution in [2.24, 2.45) is 0 Å². The van der Waals surface area contributed by atoms with Gasteiger partial charge in [0.2, 0.25) is 11.8 Å². The van der Waals surface area contributed by atoms with Crippen molar-refractivity contribution >= 4 is 17.8 Å². The second kappa shape index (κ2) is 5.00. The molecule has 1 fully saturated rings. The second-order valence-corrected chi connectivity index (χ2v) is 4.15. The summed E-state index contributed by atoms with van der Waals surface area (Å²) in [5, 5.41) is 9.01. The van der Waals surface area contributed by atoms with Gasteiger partial charge in [-0.15, -0.1) is 0 Å². The largest absolute Gasteiger partial charge is 0.478 e. The predicted octanol–water partition coefficient (Wildman–Crippen LogP) is 1.08. The standard InChI is InChI=1S/C13H13NO4/c15-11-5-6-12(16)14(11)8-7-9-3-1-2-4-10(9)13(17)18/h1-4H,5-8H2,(H,17,18). The normalized spacial score (nSPS) is 15.2. The van der Waals surface area contributed by atoms with Crippen molar-refractivity contribution in [1.82, 2.24) is 4.90 Å². The number of hydrogen-bond acceptors (Lipinski definition) is 3. The van der Waals surface area contributed by atoms with E-state index in [4.69, 9.17) is 5.11 Å². The van der Waals surface area contributed by atoms with Crippen LogP contribution in [0.1, 0.15) is 28.8 Å². The number of likely N-dealkylation sites (tertiary alicyclic amines) is 1. The van der Waals surface area contributed by atoms with E-state index in [2.05, 4.69) is 0 Å². The fourth-order valence-corrected chi connectivity index (χ4v) is 2.05. The smallest absolute Gasteiger partial charge is 0.335 e. The van der Waals surface area contributed by atoms with E-state index in [1.165, 1.54) is 11.0 Å². The Hall–Kier alpha value is -2.17. The minimum Gasteiger partial charge on any atom is -0.478 e. The molecule has 5 nitrogen and oxygen atoms in total. The molecular weight excluding hydrogens is 234 g/mol. The molecule has 5 heteroatoms. The SMILES string of the molecule is O=C(O)c1ccccc1CCN1C(=O)CCC1=O. The van der Waals surface area contributed by atoms with Gasteiger partial charge in [0.1, 0.15) is 0 Å². The number of amides is 2. The summed E-state index contributed by atoms with van der Waals surface area (Å²) in [6.07, 6.45) is 0.902. The van der Waals surface area contributed by atoms with Crippen molar-refractivity contribution in [3.8, 4) is 0 Å². The van der Waals surface area contributed by atoms with Crippen LogP contribution < -0.4 is 0 Å². The van der Waals surface area contributed by atoms with Gasteiger partial charge in [-0.05, 0) is 18.1 Å². The maximum atomic E-state index is 11.4. The number of carbonyl (C=O) groups is 3. The molecule has 94 valence electrons. The maximum Gasteiger partial charge on any atom is 0.335 e. The Bertz CT molecular complexity index is 493. The summed E-state index contributed by atoms with van der Waals surface area (Å²) in [5.41, 5.74) is 0.856. The Kier molecular flexibility index (Phi) is 3.41. The maximum absolute atomic E-state index is 11.4. The van der Waals surface area contributed by atoms with Crippen LogP contribution in [0.3, 0.4) is 0 Å². The van der Waals surface area contributed by atoms with E-state index in [1.807, 2.05) is 0 Å². The first kappa shape index (κ1) is 12.3. The molecule has 0 bridgehead atoms. The molecular formula is C13H13NO4. The second-order valence-electron chi connectivity index (χ2n) is 4.15. The molecule has 0 radical (unpaired) electrons. The van der Waals surface area contributed by atoms with Gasteiger partial charge in [0.25, 0.3) is 0 Å². The quantitative estimate of drug-likeness (QED) is 0.808. The minimum atomic E-state index is -0.996. The Morgan fingerprint density at radius 1 is 1.17 bits per heavy atom. The third-order valence-electron chi connectivity index (χ3n) is 3.01. The van der Waals surface area contributed by atoms with Gasteiger partial charge in [-0.3, -0.25) is 14.5 Å². The lowest BCUT2D eigenvalue weighted by molar-refractivity contribution is -0.138. The van der Waals surface area contributed by atoms with E-state index >= 15 is 0 Å². The molecule has 0 aromatic heterocycles. The molecule has 0 spiro atoms. The summed E-state index contributed by atoms with van der Waals surface area (Å²) in [7, 11) is 0. The number of benzene rings is 1. The van der Waals surface area contributed by atoms with E-state index in [9.17, 15) is 14.4 Å². The number of carbonyl (C=O) groups excluding carboxylic acids is 2. The fraction of sp³-hybridized carbons (Fsp3) is 0.308. The number of aromatic carboxylic acids is 1. The first-order valence-corrected chi connectivity index (χ1v) is 5.74. The van der Waals surface area contributed by atoms with Crippen LogP contribution in [0.2, 0.25) is 0 Å². The van der Waals surface area contributed by atoms with Gasteiger partial charge in [0.15, 0.2) is 0 Å². The van der Waals surface area contributed by atoms with Crippen molar-refractivity contribution in [1.29, 1.82) is 0 Å². The van der Waals surface area contributed by atoms with Gasteiger partial charge in [0, 0.05) is 19.4 Å². The van der Waals surface area contributed by atoms with Gasteiger partial charge in [-0.25, -0.2) is 4.79 Å². The van der Waals surface area contributed by atoms with Crippen LogP contribution in [-0.4, -0.2) is 34.3 Å². The van der Waals surface area contributed by atoms with E-state index in [0.29, 0.717) is 12.0 Å². The van der Waals surface area contributed by atoms with Crippen LogP contribution in [0.25, 0.3) is 0 Å². The molecule has 2 amide bonds. The van der Waals surface area contributed by atoms with Crippen LogP contribution >= 0.6 is 0 Å². The highest BCUT2D eigenvalue weighted by Gasteiger charge is 2.28. The lowest BCUT2D eigenvalue weighted by Crippen LogP contribution is -2.31. The van der Waals surface area contributed by atoms with Crippen molar-refractivity contribution < 1.29 is 19.5 Å². The lowest BCUT2D eigenvalue weighted by Gasteiger charge is -2.14. The number of rotatable bonds is 4. The summed E-state index contributed by atoms with van der Waals surface area (Å²) < 4.78 is 0. The number of carboxylic acids is 1. The summed E-state index contributed by atoms with van der Waals surface area (Å²) in [5.74, 6) is -1.34. The van der Waals surface area contributed by atoms with Gasteiger partial charge < -0.3 is 5.11 Å². The zero-order valence-electron chi connectivity index (χ0n) is 9.76. The zero-order chi connectivity index (χ0) is 13.1. The average molecular weight is 247 g/mol. The highest BCUT2D eigenvalue weighted by molar-refractivity contribution is 6.01. The highest BCUT2D eigenvalue weighted by Crippen LogP contribution is 2.15. The van der Waals surface area contributed by atoms with Crippen LogP contribution in [0.15, 0.2) is 24.3 Å². The monoisotopic (exact) mass is 247 g/mol. The molecule has 18 heavy (non-hydrogen) atoms. The van der Waals surface area contributed by atoms with Crippen molar-refractivity contribution in [3.05, 3.63) is 35.4 Å². The molecule has 0 unspecified atom stereocenters. The highest BCUT2D eigenvalue weighted by atomic mass is 16.4. The Morgan fingerprint density at radius 2 is 1.78 bits per heavy atom. The fourth-order valence-electron chi connectivity index (χ4n) is 2.05. The van der Waals surface area contributed by atoms with Gasteiger partial charge >= 0.3 is 5.97 Å². The summed E-state index contributed by atoms with van der Waals surface area (Å²) in [6, 6.07) is 6.62. The van der Waals surface area contributed by atoms with Crippen LogP contribution in [0.5, 0.6) is 0 Å².